The Labute approximate surface area is 117 Å². The first-order chi connectivity index (χ1) is 9.74. The van der Waals surface area contributed by atoms with Crippen molar-refractivity contribution in [1.29, 1.82) is 0 Å². The number of hydrogen-bond donors (Lipinski definition) is 0. The third-order valence-electron chi connectivity index (χ3n) is 3.66. The second-order valence-corrected chi connectivity index (χ2v) is 5.19. The van der Waals surface area contributed by atoms with Crippen LogP contribution in [0.25, 0.3) is 11.0 Å². The molecule has 0 bridgehead atoms. The maximum Gasteiger partial charge on any atom is 0.345 e. The van der Waals surface area contributed by atoms with Crippen molar-refractivity contribution in [3.8, 4) is 0 Å². The zero-order valence-electron chi connectivity index (χ0n) is 11.6. The minimum absolute atomic E-state index is 0.318. The van der Waals surface area contributed by atoms with E-state index in [1.54, 1.807) is 6.07 Å². The number of para-hydroxylation sites is 1. The Morgan fingerprint density at radius 2 is 1.95 bits per heavy atom. The molecule has 0 unspecified atom stereocenters. The molecule has 0 amide bonds. The van der Waals surface area contributed by atoms with E-state index in [2.05, 4.69) is 5.10 Å². The third kappa shape index (κ3) is 2.59. The Kier molecular flexibility index (Phi) is 3.54. The van der Waals surface area contributed by atoms with E-state index in [9.17, 15) is 4.79 Å². The van der Waals surface area contributed by atoms with E-state index < -0.39 is 0 Å². The van der Waals surface area contributed by atoms with E-state index in [1.807, 2.05) is 36.2 Å². The highest BCUT2D eigenvalue weighted by atomic mass is 16.4. The molecule has 4 heteroatoms. The van der Waals surface area contributed by atoms with Crippen LogP contribution in [0.3, 0.4) is 0 Å². The van der Waals surface area contributed by atoms with Gasteiger partial charge >= 0.3 is 5.63 Å². The Morgan fingerprint density at radius 3 is 2.75 bits per heavy atom. The van der Waals surface area contributed by atoms with Gasteiger partial charge in [-0.2, -0.15) is 5.10 Å². The highest BCUT2D eigenvalue weighted by Crippen LogP contribution is 2.14. The Balaban J connectivity index is 1.98. The van der Waals surface area contributed by atoms with Crippen LogP contribution >= 0.6 is 0 Å². The second kappa shape index (κ2) is 5.49. The van der Waals surface area contributed by atoms with Gasteiger partial charge in [-0.1, -0.05) is 18.2 Å². The van der Waals surface area contributed by atoms with Gasteiger partial charge in [0, 0.05) is 18.5 Å². The first kappa shape index (κ1) is 12.9. The number of hydrogen-bond acceptors (Lipinski definition) is 4. The molecule has 4 nitrogen and oxygen atoms in total. The van der Waals surface area contributed by atoms with E-state index in [4.69, 9.17) is 4.42 Å². The van der Waals surface area contributed by atoms with Gasteiger partial charge in [-0.3, -0.25) is 5.01 Å². The minimum atomic E-state index is -0.318. The first-order valence-corrected chi connectivity index (χ1v) is 7.07. The first-order valence-electron chi connectivity index (χ1n) is 7.07. The summed E-state index contributed by atoms with van der Waals surface area (Å²) in [4.78, 5) is 12.1. The van der Waals surface area contributed by atoms with Crippen LogP contribution < -0.4 is 5.63 Å². The van der Waals surface area contributed by atoms with Crippen molar-refractivity contribution in [2.45, 2.75) is 26.2 Å². The van der Waals surface area contributed by atoms with Crippen LogP contribution in [-0.2, 0) is 0 Å². The van der Waals surface area contributed by atoms with Gasteiger partial charge in [0.2, 0.25) is 0 Å². The lowest BCUT2D eigenvalue weighted by Gasteiger charge is -2.24. The smallest absolute Gasteiger partial charge is 0.345 e. The van der Waals surface area contributed by atoms with Crippen molar-refractivity contribution in [1.82, 2.24) is 5.01 Å². The van der Waals surface area contributed by atoms with E-state index >= 15 is 0 Å². The maximum atomic E-state index is 12.1. The van der Waals surface area contributed by atoms with Gasteiger partial charge in [-0.25, -0.2) is 4.79 Å². The zero-order valence-corrected chi connectivity index (χ0v) is 11.6. The van der Waals surface area contributed by atoms with Gasteiger partial charge < -0.3 is 4.42 Å². The van der Waals surface area contributed by atoms with Gasteiger partial charge in [0.25, 0.3) is 0 Å². The molecule has 1 aliphatic rings. The topological polar surface area (TPSA) is 45.8 Å². The van der Waals surface area contributed by atoms with Crippen LogP contribution in [0.4, 0.5) is 0 Å². The molecule has 0 radical (unpaired) electrons. The quantitative estimate of drug-likeness (QED) is 0.622. The number of nitrogens with zero attached hydrogens (tertiary/aromatic N) is 2. The molecule has 20 heavy (non-hydrogen) atoms. The second-order valence-electron chi connectivity index (χ2n) is 5.19. The average molecular weight is 270 g/mol. The van der Waals surface area contributed by atoms with Crippen molar-refractivity contribution in [2.75, 3.05) is 13.1 Å². The fraction of sp³-hybridized carbons (Fsp3) is 0.375. The zero-order chi connectivity index (χ0) is 13.9. The molecule has 0 saturated carbocycles. The monoisotopic (exact) mass is 270 g/mol. The molecule has 1 aromatic heterocycles. The molecule has 0 N–H and O–H groups in total. The molecule has 1 aromatic carbocycles. The summed E-state index contributed by atoms with van der Waals surface area (Å²) in [5, 5.41) is 7.54. The third-order valence-corrected chi connectivity index (χ3v) is 3.66. The van der Waals surface area contributed by atoms with Crippen LogP contribution in [0.15, 0.2) is 44.6 Å². The summed E-state index contributed by atoms with van der Waals surface area (Å²) < 4.78 is 5.35. The molecular weight excluding hydrogens is 252 g/mol. The Bertz CT molecular complexity index is 697. The SMILES string of the molecule is CC(=NN1CCCCC1)c1cc2ccccc2oc1=O. The molecule has 104 valence electrons. The highest BCUT2D eigenvalue weighted by molar-refractivity contribution is 6.00. The summed E-state index contributed by atoms with van der Waals surface area (Å²) in [5.41, 5.74) is 1.58. The van der Waals surface area contributed by atoms with Gasteiger partial charge in [-0.15, -0.1) is 0 Å². The van der Waals surface area contributed by atoms with Crippen molar-refractivity contribution in [3.05, 3.63) is 46.3 Å². The largest absolute Gasteiger partial charge is 0.422 e. The van der Waals surface area contributed by atoms with Crippen LogP contribution in [0.5, 0.6) is 0 Å². The summed E-state index contributed by atoms with van der Waals surface area (Å²) in [6.07, 6.45) is 3.61. The Morgan fingerprint density at radius 1 is 1.20 bits per heavy atom. The van der Waals surface area contributed by atoms with E-state index in [-0.39, 0.29) is 5.63 Å². The number of benzene rings is 1. The van der Waals surface area contributed by atoms with Crippen LogP contribution in [0.2, 0.25) is 0 Å². The summed E-state index contributed by atoms with van der Waals surface area (Å²) in [6, 6.07) is 9.40. The molecule has 2 aromatic rings. The number of fused-ring (bicyclic) bond motifs is 1. The van der Waals surface area contributed by atoms with E-state index in [1.165, 1.54) is 19.3 Å². The summed E-state index contributed by atoms with van der Waals surface area (Å²) in [5.74, 6) is 0. The fourth-order valence-electron chi connectivity index (χ4n) is 2.56. The van der Waals surface area contributed by atoms with Crippen molar-refractivity contribution < 1.29 is 4.42 Å². The Hall–Kier alpha value is -2.10. The summed E-state index contributed by atoms with van der Waals surface area (Å²) >= 11 is 0. The molecular formula is C16H18N2O2. The predicted octanol–water partition coefficient (Wildman–Crippen LogP) is 3.00. The van der Waals surface area contributed by atoms with Gasteiger partial charge in [0.15, 0.2) is 0 Å². The number of rotatable bonds is 2. The van der Waals surface area contributed by atoms with Gasteiger partial charge in [0.1, 0.15) is 5.58 Å². The minimum Gasteiger partial charge on any atom is -0.422 e. The van der Waals surface area contributed by atoms with Crippen LogP contribution in [0.1, 0.15) is 31.7 Å². The summed E-state index contributed by atoms with van der Waals surface area (Å²) in [7, 11) is 0. The average Bonchev–Trinajstić information content (AvgIpc) is 2.47. The molecule has 0 aliphatic carbocycles. The maximum absolute atomic E-state index is 12.1. The van der Waals surface area contributed by atoms with Crippen LogP contribution in [0, 0.1) is 0 Å². The van der Waals surface area contributed by atoms with Crippen LogP contribution in [-0.4, -0.2) is 23.8 Å². The van der Waals surface area contributed by atoms with E-state index in [0.29, 0.717) is 11.1 Å². The molecule has 1 aliphatic heterocycles. The highest BCUT2D eigenvalue weighted by Gasteiger charge is 2.11. The number of hydrazone groups is 1. The standard InChI is InChI=1S/C16H18N2O2/c1-12(17-18-9-5-2-6-10-18)14-11-13-7-3-4-8-15(13)20-16(14)19/h3-4,7-8,11H,2,5-6,9-10H2,1H3. The normalized spacial score (nSPS) is 16.6. The molecule has 0 spiro atoms. The lowest BCUT2D eigenvalue weighted by molar-refractivity contribution is 0.239. The van der Waals surface area contributed by atoms with Crippen molar-refractivity contribution in [3.63, 3.8) is 0 Å². The molecule has 3 rings (SSSR count). The number of piperidine rings is 1. The van der Waals surface area contributed by atoms with Crippen molar-refractivity contribution in [2.24, 2.45) is 5.10 Å². The molecule has 2 heterocycles. The van der Waals surface area contributed by atoms with Gasteiger partial charge in [0.05, 0.1) is 11.3 Å². The molecule has 1 saturated heterocycles. The fourth-order valence-corrected chi connectivity index (χ4v) is 2.56. The lowest BCUT2D eigenvalue weighted by atomic mass is 10.1. The predicted molar refractivity (Wildman–Crippen MR) is 80.1 cm³/mol. The van der Waals surface area contributed by atoms with E-state index in [0.717, 1.165) is 24.2 Å². The summed E-state index contributed by atoms with van der Waals surface area (Å²) in [6.45, 7) is 3.81. The molecule has 1 fully saturated rings. The van der Waals surface area contributed by atoms with Gasteiger partial charge in [-0.05, 0) is 38.3 Å². The van der Waals surface area contributed by atoms with Crippen molar-refractivity contribution >= 4 is 16.7 Å². The lowest BCUT2D eigenvalue weighted by Crippen LogP contribution is -2.26. The molecule has 0 atom stereocenters.